The molecule has 2 nitrogen and oxygen atoms in total. The highest BCUT2D eigenvalue weighted by atomic mass is 15.1. The van der Waals surface area contributed by atoms with Crippen LogP contribution in [0.4, 0.5) is 5.69 Å². The molecule has 5 rings (SSSR count). The second kappa shape index (κ2) is 9.61. The molecule has 3 aromatic rings. The van der Waals surface area contributed by atoms with E-state index in [0.29, 0.717) is 0 Å². The predicted molar refractivity (Wildman–Crippen MR) is 146 cm³/mol. The standard InChI is InChI=1S/C32H32N2/c1-4-25-11-5-6-12-28(25)31-15-9-10-18-34(31)32-14-8-7-13-29(32)30-22-26(16-17-33-30)27-20-23(2)19-24(3)21-27/h5-17,19-22,30,33H,4,18H2,1-3H3. The lowest BCUT2D eigenvalue weighted by Gasteiger charge is -2.33. The minimum Gasteiger partial charge on any atom is -0.380 e. The third kappa shape index (κ3) is 4.36. The van der Waals surface area contributed by atoms with E-state index in [4.69, 9.17) is 0 Å². The number of nitrogens with one attached hydrogen (secondary N) is 1. The van der Waals surface area contributed by atoms with E-state index in [1.54, 1.807) is 0 Å². The lowest BCUT2D eigenvalue weighted by molar-refractivity contribution is 0.747. The van der Waals surface area contributed by atoms with Gasteiger partial charge >= 0.3 is 0 Å². The van der Waals surface area contributed by atoms with Crippen molar-refractivity contribution >= 4 is 17.0 Å². The van der Waals surface area contributed by atoms with Gasteiger partial charge in [0.1, 0.15) is 0 Å². The molecule has 1 atom stereocenters. The van der Waals surface area contributed by atoms with Crippen LogP contribution < -0.4 is 10.2 Å². The minimum atomic E-state index is 0.102. The second-order valence-corrected chi connectivity index (χ2v) is 9.14. The van der Waals surface area contributed by atoms with Gasteiger partial charge in [0.2, 0.25) is 0 Å². The van der Waals surface area contributed by atoms with Gasteiger partial charge in [0.15, 0.2) is 0 Å². The molecule has 2 heteroatoms. The summed E-state index contributed by atoms with van der Waals surface area (Å²) >= 11 is 0. The molecule has 1 unspecified atom stereocenters. The molecule has 0 aliphatic carbocycles. The van der Waals surface area contributed by atoms with Gasteiger partial charge in [-0.05, 0) is 67.5 Å². The van der Waals surface area contributed by atoms with Gasteiger partial charge in [-0.2, -0.15) is 0 Å². The number of aryl methyl sites for hydroxylation is 3. The molecular formula is C32H32N2. The van der Waals surface area contributed by atoms with Gasteiger partial charge in [0.05, 0.1) is 6.04 Å². The van der Waals surface area contributed by atoms with E-state index in [1.807, 2.05) is 0 Å². The summed E-state index contributed by atoms with van der Waals surface area (Å²) in [4.78, 5) is 2.45. The fourth-order valence-corrected chi connectivity index (χ4v) is 5.09. The fraction of sp³-hybridized carbons (Fsp3) is 0.188. The van der Waals surface area contributed by atoms with Gasteiger partial charge < -0.3 is 10.2 Å². The highest BCUT2D eigenvalue weighted by molar-refractivity contribution is 5.85. The van der Waals surface area contributed by atoms with E-state index in [9.17, 15) is 0 Å². The molecule has 0 fully saturated rings. The van der Waals surface area contributed by atoms with E-state index in [-0.39, 0.29) is 6.04 Å². The number of rotatable bonds is 5. The third-order valence-corrected chi connectivity index (χ3v) is 6.65. The van der Waals surface area contributed by atoms with Gasteiger partial charge in [0, 0.05) is 29.1 Å². The number of anilines is 1. The zero-order valence-corrected chi connectivity index (χ0v) is 20.3. The third-order valence-electron chi connectivity index (χ3n) is 6.65. The van der Waals surface area contributed by atoms with Crippen LogP contribution in [0.3, 0.4) is 0 Å². The Balaban J connectivity index is 1.55. The summed E-state index contributed by atoms with van der Waals surface area (Å²) in [7, 11) is 0. The number of para-hydroxylation sites is 1. The minimum absolute atomic E-state index is 0.102. The van der Waals surface area contributed by atoms with E-state index < -0.39 is 0 Å². The monoisotopic (exact) mass is 444 g/mol. The van der Waals surface area contributed by atoms with Crippen LogP contribution in [0.1, 0.15) is 46.3 Å². The Bertz CT molecular complexity index is 1300. The van der Waals surface area contributed by atoms with Crippen LogP contribution in [0.2, 0.25) is 0 Å². The maximum absolute atomic E-state index is 3.60. The molecule has 2 aliphatic rings. The molecular weight excluding hydrogens is 412 g/mol. The number of allylic oxidation sites excluding steroid dienone is 4. The molecule has 34 heavy (non-hydrogen) atoms. The molecule has 0 bridgehead atoms. The number of hydrogen-bond donors (Lipinski definition) is 1. The van der Waals surface area contributed by atoms with Crippen molar-refractivity contribution in [1.29, 1.82) is 0 Å². The molecule has 1 N–H and O–H groups in total. The predicted octanol–water partition coefficient (Wildman–Crippen LogP) is 7.52. The molecule has 0 radical (unpaired) electrons. The first-order valence-electron chi connectivity index (χ1n) is 12.2. The molecule has 0 amide bonds. The average molecular weight is 445 g/mol. The summed E-state index contributed by atoms with van der Waals surface area (Å²) in [5, 5.41) is 3.60. The largest absolute Gasteiger partial charge is 0.380 e. The fourth-order valence-electron chi connectivity index (χ4n) is 5.09. The lowest BCUT2D eigenvalue weighted by Crippen LogP contribution is -2.27. The maximum Gasteiger partial charge on any atom is 0.0721 e. The Morgan fingerprint density at radius 2 is 1.71 bits per heavy atom. The summed E-state index contributed by atoms with van der Waals surface area (Å²) < 4.78 is 0. The van der Waals surface area contributed by atoms with Crippen LogP contribution in [0.5, 0.6) is 0 Å². The molecule has 2 aliphatic heterocycles. The van der Waals surface area contributed by atoms with Crippen molar-refractivity contribution in [1.82, 2.24) is 5.32 Å². The van der Waals surface area contributed by atoms with Crippen molar-refractivity contribution in [2.45, 2.75) is 33.2 Å². The Kier molecular flexibility index (Phi) is 6.22. The van der Waals surface area contributed by atoms with Crippen molar-refractivity contribution in [3.63, 3.8) is 0 Å². The van der Waals surface area contributed by atoms with Crippen LogP contribution in [0.15, 0.2) is 103 Å². The quantitative estimate of drug-likeness (QED) is 0.438. The van der Waals surface area contributed by atoms with Crippen LogP contribution in [0.25, 0.3) is 11.3 Å². The van der Waals surface area contributed by atoms with Crippen molar-refractivity contribution in [3.05, 3.63) is 137 Å². The highest BCUT2D eigenvalue weighted by Gasteiger charge is 2.23. The van der Waals surface area contributed by atoms with Crippen LogP contribution in [-0.4, -0.2) is 6.54 Å². The van der Waals surface area contributed by atoms with Crippen molar-refractivity contribution in [3.8, 4) is 0 Å². The first kappa shape index (κ1) is 22.0. The van der Waals surface area contributed by atoms with Crippen molar-refractivity contribution < 1.29 is 0 Å². The molecule has 0 aromatic heterocycles. The smallest absolute Gasteiger partial charge is 0.0721 e. The summed E-state index contributed by atoms with van der Waals surface area (Å²) in [6.45, 7) is 7.42. The molecule has 170 valence electrons. The van der Waals surface area contributed by atoms with Gasteiger partial charge in [-0.3, -0.25) is 0 Å². The second-order valence-electron chi connectivity index (χ2n) is 9.14. The lowest BCUT2D eigenvalue weighted by atomic mass is 9.93. The van der Waals surface area contributed by atoms with Gasteiger partial charge in [-0.25, -0.2) is 0 Å². The molecule has 0 saturated carbocycles. The normalized spacial score (nSPS) is 17.3. The van der Waals surface area contributed by atoms with Crippen LogP contribution in [0, 0.1) is 13.8 Å². The van der Waals surface area contributed by atoms with Crippen molar-refractivity contribution in [2.24, 2.45) is 0 Å². The topological polar surface area (TPSA) is 15.3 Å². The summed E-state index contributed by atoms with van der Waals surface area (Å²) in [6.07, 6.45) is 14.3. The number of dihydropyridines is 1. The Morgan fingerprint density at radius 1 is 0.941 bits per heavy atom. The first-order chi connectivity index (χ1) is 16.6. The maximum atomic E-state index is 3.60. The first-order valence-corrected chi connectivity index (χ1v) is 12.2. The molecule has 0 spiro atoms. The summed E-state index contributed by atoms with van der Waals surface area (Å²) in [6, 6.07) is 24.4. The van der Waals surface area contributed by atoms with E-state index >= 15 is 0 Å². The van der Waals surface area contributed by atoms with Crippen LogP contribution >= 0.6 is 0 Å². The summed E-state index contributed by atoms with van der Waals surface area (Å²) in [5.74, 6) is 0. The highest BCUT2D eigenvalue weighted by Crippen LogP contribution is 2.37. The summed E-state index contributed by atoms with van der Waals surface area (Å²) in [5.41, 5.74) is 11.6. The average Bonchev–Trinajstić information content (AvgIpc) is 2.88. The Labute approximate surface area is 203 Å². The molecule has 3 aromatic carbocycles. The SMILES string of the molecule is CCc1ccccc1C1=CC=CCN1c1ccccc1C1C=C(c2cc(C)cc(C)c2)C=CN1. The van der Waals surface area contributed by atoms with Gasteiger partial charge in [0.25, 0.3) is 0 Å². The van der Waals surface area contributed by atoms with E-state index in [1.165, 1.54) is 50.3 Å². The van der Waals surface area contributed by atoms with Crippen molar-refractivity contribution in [2.75, 3.05) is 11.4 Å². The van der Waals surface area contributed by atoms with E-state index in [2.05, 4.69) is 134 Å². The van der Waals surface area contributed by atoms with Gasteiger partial charge in [-0.15, -0.1) is 0 Å². The van der Waals surface area contributed by atoms with Crippen LogP contribution in [-0.2, 0) is 6.42 Å². The molecule has 2 heterocycles. The zero-order valence-electron chi connectivity index (χ0n) is 20.3. The zero-order chi connectivity index (χ0) is 23.5. The Hall–Kier alpha value is -3.78. The number of nitrogens with zero attached hydrogens (tertiary/aromatic N) is 1. The molecule has 0 saturated heterocycles. The Morgan fingerprint density at radius 3 is 2.53 bits per heavy atom. The van der Waals surface area contributed by atoms with Gasteiger partial charge in [-0.1, -0.05) is 90.9 Å². The number of hydrogen-bond acceptors (Lipinski definition) is 2. The van der Waals surface area contributed by atoms with E-state index in [0.717, 1.165) is 13.0 Å². The number of benzene rings is 3.